The summed E-state index contributed by atoms with van der Waals surface area (Å²) in [5, 5.41) is 20.3. The first-order chi connectivity index (χ1) is 7.16. The molecule has 0 aliphatic heterocycles. The van der Waals surface area contributed by atoms with Gasteiger partial charge < -0.3 is 10.4 Å². The molecule has 6 nitrogen and oxygen atoms in total. The smallest absolute Gasteiger partial charge is 0.222 e. The van der Waals surface area contributed by atoms with E-state index in [1.807, 2.05) is 0 Å². The number of aliphatic hydroxyl groups is 1. The van der Waals surface area contributed by atoms with Gasteiger partial charge in [0, 0.05) is 6.92 Å². The summed E-state index contributed by atoms with van der Waals surface area (Å²) in [4.78, 5) is 12.3. The summed E-state index contributed by atoms with van der Waals surface area (Å²) in [6, 6.07) is -0.0486. The van der Waals surface area contributed by atoms with Crippen LogP contribution in [0.25, 0.3) is 0 Å². The highest BCUT2D eigenvalue weighted by Crippen LogP contribution is 2.28. The molecule has 1 saturated carbocycles. The van der Waals surface area contributed by atoms with Crippen LogP contribution in [-0.4, -0.2) is 32.1 Å². The predicted molar refractivity (Wildman–Crippen MR) is 53.2 cm³/mol. The summed E-state index contributed by atoms with van der Waals surface area (Å²) >= 11 is 0. The van der Waals surface area contributed by atoms with Crippen molar-refractivity contribution in [3.05, 3.63) is 6.20 Å². The van der Waals surface area contributed by atoms with Crippen LogP contribution in [0.1, 0.15) is 32.2 Å². The van der Waals surface area contributed by atoms with Crippen LogP contribution >= 0.6 is 0 Å². The Labute approximate surface area is 87.3 Å². The van der Waals surface area contributed by atoms with Crippen LogP contribution in [0.2, 0.25) is 0 Å². The van der Waals surface area contributed by atoms with Crippen molar-refractivity contribution in [1.82, 2.24) is 15.0 Å². The van der Waals surface area contributed by atoms with Gasteiger partial charge in [0.15, 0.2) is 5.82 Å². The van der Waals surface area contributed by atoms with Gasteiger partial charge in [-0.1, -0.05) is 0 Å². The van der Waals surface area contributed by atoms with Gasteiger partial charge in [-0.25, -0.2) is 0 Å². The third-order valence-corrected chi connectivity index (χ3v) is 2.55. The second-order valence-corrected chi connectivity index (χ2v) is 3.80. The number of aliphatic hydroxyl groups excluding tert-OH is 1. The minimum atomic E-state index is -0.373. The molecular formula is C9H14N4O2. The topological polar surface area (TPSA) is 80.0 Å². The van der Waals surface area contributed by atoms with Crippen molar-refractivity contribution in [1.29, 1.82) is 0 Å². The maximum atomic E-state index is 10.8. The van der Waals surface area contributed by atoms with Gasteiger partial charge in [0.25, 0.3) is 0 Å². The Balaban J connectivity index is 2.09. The van der Waals surface area contributed by atoms with Crippen molar-refractivity contribution in [3.8, 4) is 0 Å². The molecule has 1 amide bonds. The molecule has 1 aliphatic rings. The fraction of sp³-hybridized carbons (Fsp3) is 0.667. The van der Waals surface area contributed by atoms with Gasteiger partial charge in [-0.05, 0) is 19.3 Å². The fourth-order valence-electron chi connectivity index (χ4n) is 1.86. The Kier molecular flexibility index (Phi) is 2.68. The second-order valence-electron chi connectivity index (χ2n) is 3.80. The summed E-state index contributed by atoms with van der Waals surface area (Å²) in [6.07, 6.45) is 3.79. The monoisotopic (exact) mass is 210 g/mol. The zero-order chi connectivity index (χ0) is 10.8. The lowest BCUT2D eigenvalue weighted by molar-refractivity contribution is -0.114. The lowest BCUT2D eigenvalue weighted by atomic mass is 10.2. The molecule has 6 heteroatoms. The Morgan fingerprint density at radius 2 is 2.47 bits per heavy atom. The van der Waals surface area contributed by atoms with Crippen molar-refractivity contribution in [2.45, 2.75) is 38.3 Å². The fourth-order valence-corrected chi connectivity index (χ4v) is 1.86. The molecule has 15 heavy (non-hydrogen) atoms. The second kappa shape index (κ2) is 3.98. The maximum Gasteiger partial charge on any atom is 0.222 e. The lowest BCUT2D eigenvalue weighted by Gasteiger charge is -2.12. The van der Waals surface area contributed by atoms with E-state index in [2.05, 4.69) is 15.5 Å². The molecule has 1 aliphatic carbocycles. The molecule has 1 heterocycles. The molecule has 2 atom stereocenters. The highest BCUT2D eigenvalue weighted by atomic mass is 16.3. The zero-order valence-corrected chi connectivity index (χ0v) is 8.55. The quantitative estimate of drug-likeness (QED) is 0.736. The molecule has 0 radical (unpaired) electrons. The van der Waals surface area contributed by atoms with Crippen LogP contribution in [0, 0.1) is 0 Å². The number of nitrogens with one attached hydrogen (secondary N) is 1. The van der Waals surface area contributed by atoms with Crippen LogP contribution in [0.4, 0.5) is 5.82 Å². The Bertz CT molecular complexity index is 363. The third-order valence-electron chi connectivity index (χ3n) is 2.55. The third kappa shape index (κ3) is 2.15. The van der Waals surface area contributed by atoms with E-state index in [9.17, 15) is 9.90 Å². The standard InChI is InChI=1S/C9H14N4O2/c1-6(14)11-9-5-10-13(12-9)7-3-2-4-8(7)15/h5,7-8,15H,2-4H2,1H3,(H,11,12,14). The molecule has 0 spiro atoms. The van der Waals surface area contributed by atoms with Crippen molar-refractivity contribution in [3.63, 3.8) is 0 Å². The number of hydrogen-bond donors (Lipinski definition) is 2. The summed E-state index contributed by atoms with van der Waals surface area (Å²) in [5.41, 5.74) is 0. The Morgan fingerprint density at radius 1 is 1.67 bits per heavy atom. The van der Waals surface area contributed by atoms with Crippen LogP contribution in [0.5, 0.6) is 0 Å². The van der Waals surface area contributed by atoms with Crippen LogP contribution in [0.15, 0.2) is 6.20 Å². The van der Waals surface area contributed by atoms with Crippen molar-refractivity contribution >= 4 is 11.7 Å². The molecule has 1 aromatic rings. The summed E-state index contributed by atoms with van der Waals surface area (Å²) in [7, 11) is 0. The van der Waals surface area contributed by atoms with E-state index >= 15 is 0 Å². The molecule has 1 aromatic heterocycles. The average molecular weight is 210 g/mol. The predicted octanol–water partition coefficient (Wildman–Crippen LogP) is 0.322. The summed E-state index contributed by atoms with van der Waals surface area (Å²) in [5.74, 6) is 0.260. The number of rotatable bonds is 2. The molecule has 0 saturated heterocycles. The molecule has 1 fully saturated rings. The van der Waals surface area contributed by atoms with Crippen molar-refractivity contribution in [2.24, 2.45) is 0 Å². The number of carbonyl (C=O) groups excluding carboxylic acids is 1. The van der Waals surface area contributed by atoms with E-state index in [4.69, 9.17) is 0 Å². The average Bonchev–Trinajstić information content (AvgIpc) is 2.72. The normalized spacial score (nSPS) is 25.5. The number of hydrogen-bond acceptors (Lipinski definition) is 4. The molecule has 2 N–H and O–H groups in total. The van der Waals surface area contributed by atoms with E-state index in [0.29, 0.717) is 5.82 Å². The first-order valence-electron chi connectivity index (χ1n) is 5.04. The number of anilines is 1. The largest absolute Gasteiger partial charge is 0.391 e. The van der Waals surface area contributed by atoms with Gasteiger partial charge in [-0.15, -0.1) is 5.10 Å². The van der Waals surface area contributed by atoms with Crippen molar-refractivity contribution in [2.75, 3.05) is 5.32 Å². The summed E-state index contributed by atoms with van der Waals surface area (Å²) < 4.78 is 0. The molecule has 2 unspecified atom stereocenters. The van der Waals surface area contributed by atoms with Gasteiger partial charge in [0.1, 0.15) is 0 Å². The lowest BCUT2D eigenvalue weighted by Crippen LogP contribution is -2.20. The highest BCUT2D eigenvalue weighted by Gasteiger charge is 2.28. The van der Waals surface area contributed by atoms with Crippen molar-refractivity contribution < 1.29 is 9.90 Å². The van der Waals surface area contributed by atoms with E-state index < -0.39 is 0 Å². The number of aromatic nitrogens is 3. The van der Waals surface area contributed by atoms with Gasteiger partial charge in [-0.2, -0.15) is 9.90 Å². The molecule has 2 rings (SSSR count). The Hall–Kier alpha value is -1.43. The first kappa shape index (κ1) is 10.1. The van der Waals surface area contributed by atoms with E-state index in [-0.39, 0.29) is 18.1 Å². The minimum absolute atomic E-state index is 0.0486. The van der Waals surface area contributed by atoms with Crippen LogP contribution in [-0.2, 0) is 4.79 Å². The molecule has 0 aromatic carbocycles. The van der Waals surface area contributed by atoms with Gasteiger partial charge in [-0.3, -0.25) is 4.79 Å². The summed E-state index contributed by atoms with van der Waals surface area (Å²) in [6.45, 7) is 1.42. The van der Waals surface area contributed by atoms with E-state index in [1.54, 1.807) is 0 Å². The highest BCUT2D eigenvalue weighted by molar-refractivity contribution is 5.87. The SMILES string of the molecule is CC(=O)Nc1cnn(C2CCCC2O)n1. The zero-order valence-electron chi connectivity index (χ0n) is 8.55. The van der Waals surface area contributed by atoms with Gasteiger partial charge in [0.05, 0.1) is 18.3 Å². The van der Waals surface area contributed by atoms with Gasteiger partial charge >= 0.3 is 0 Å². The van der Waals surface area contributed by atoms with E-state index in [0.717, 1.165) is 19.3 Å². The molecular weight excluding hydrogens is 196 g/mol. The number of nitrogens with zero attached hydrogens (tertiary/aromatic N) is 3. The number of carbonyl (C=O) groups is 1. The molecule has 82 valence electrons. The maximum absolute atomic E-state index is 10.8. The van der Waals surface area contributed by atoms with Gasteiger partial charge in [0.2, 0.25) is 5.91 Å². The van der Waals surface area contributed by atoms with Crippen LogP contribution < -0.4 is 5.32 Å². The van der Waals surface area contributed by atoms with E-state index in [1.165, 1.54) is 17.9 Å². The first-order valence-corrected chi connectivity index (χ1v) is 5.04. The minimum Gasteiger partial charge on any atom is -0.391 e. The number of amides is 1. The van der Waals surface area contributed by atoms with Crippen LogP contribution in [0.3, 0.4) is 0 Å². The molecule has 0 bridgehead atoms. The Morgan fingerprint density at radius 3 is 3.07 bits per heavy atom.